The van der Waals surface area contributed by atoms with E-state index in [1.54, 1.807) is 19.1 Å². The highest BCUT2D eigenvalue weighted by atomic mass is 16.2. The Labute approximate surface area is 133 Å². The Morgan fingerprint density at radius 1 is 0.955 bits per heavy atom. The number of rotatable bonds is 3. The minimum Gasteiger partial charge on any atom is -0.350 e. The molecular formula is C18H28N2O2. The van der Waals surface area contributed by atoms with Gasteiger partial charge in [0.05, 0.1) is 0 Å². The van der Waals surface area contributed by atoms with Gasteiger partial charge in [-0.2, -0.15) is 0 Å². The minimum absolute atomic E-state index is 0.0505. The molecule has 0 bridgehead atoms. The van der Waals surface area contributed by atoms with E-state index in [1.807, 2.05) is 32.9 Å². The van der Waals surface area contributed by atoms with Crippen molar-refractivity contribution in [3.8, 4) is 0 Å². The number of nitrogens with one attached hydrogen (secondary N) is 2. The second-order valence-corrected chi connectivity index (χ2v) is 7.76. The van der Waals surface area contributed by atoms with Crippen LogP contribution in [0.25, 0.3) is 0 Å². The number of hydrogen-bond acceptors (Lipinski definition) is 2. The monoisotopic (exact) mass is 304 g/mol. The number of amides is 2. The van der Waals surface area contributed by atoms with Gasteiger partial charge in [-0.05, 0) is 50.8 Å². The molecule has 1 aromatic carbocycles. The predicted octanol–water partition coefficient (Wildman–Crippen LogP) is 3.02. The van der Waals surface area contributed by atoms with Crippen molar-refractivity contribution in [3.63, 3.8) is 0 Å². The van der Waals surface area contributed by atoms with Crippen molar-refractivity contribution >= 4 is 11.8 Å². The van der Waals surface area contributed by atoms with E-state index < -0.39 is 6.04 Å². The van der Waals surface area contributed by atoms with Crippen LogP contribution in [-0.4, -0.2) is 23.4 Å². The molecule has 0 fully saturated rings. The Kier molecular flexibility index (Phi) is 5.39. The zero-order valence-corrected chi connectivity index (χ0v) is 14.7. The van der Waals surface area contributed by atoms with Crippen molar-refractivity contribution < 1.29 is 9.59 Å². The summed E-state index contributed by atoms with van der Waals surface area (Å²) in [4.78, 5) is 24.2. The van der Waals surface area contributed by atoms with Crippen molar-refractivity contribution in [1.29, 1.82) is 0 Å². The fourth-order valence-corrected chi connectivity index (χ4v) is 1.94. The highest BCUT2D eigenvalue weighted by Crippen LogP contribution is 2.22. The molecule has 4 heteroatoms. The van der Waals surface area contributed by atoms with Crippen LogP contribution in [0.4, 0.5) is 0 Å². The third-order valence-corrected chi connectivity index (χ3v) is 3.25. The molecule has 22 heavy (non-hydrogen) atoms. The molecule has 0 unspecified atom stereocenters. The SMILES string of the molecule is C[C@@H](NC(=O)c1ccc(C(C)(C)C)cc1)C(=O)NC(C)(C)C. The molecule has 0 saturated heterocycles. The molecule has 2 amide bonds. The first-order valence-corrected chi connectivity index (χ1v) is 7.63. The van der Waals surface area contributed by atoms with Crippen molar-refractivity contribution in [3.05, 3.63) is 35.4 Å². The molecule has 0 radical (unpaired) electrons. The number of hydrogen-bond donors (Lipinski definition) is 2. The van der Waals surface area contributed by atoms with Crippen LogP contribution in [0.2, 0.25) is 0 Å². The highest BCUT2D eigenvalue weighted by molar-refractivity contribution is 5.97. The molecular weight excluding hydrogens is 276 g/mol. The summed E-state index contributed by atoms with van der Waals surface area (Å²) in [5, 5.41) is 5.58. The van der Waals surface area contributed by atoms with Gasteiger partial charge in [-0.3, -0.25) is 9.59 Å². The lowest BCUT2D eigenvalue weighted by atomic mass is 9.86. The average Bonchev–Trinajstić information content (AvgIpc) is 2.35. The van der Waals surface area contributed by atoms with Gasteiger partial charge >= 0.3 is 0 Å². The van der Waals surface area contributed by atoms with Crippen LogP contribution >= 0.6 is 0 Å². The van der Waals surface area contributed by atoms with E-state index in [0.717, 1.165) is 0 Å². The zero-order valence-electron chi connectivity index (χ0n) is 14.7. The Morgan fingerprint density at radius 2 is 1.45 bits per heavy atom. The van der Waals surface area contributed by atoms with Gasteiger partial charge in [-0.1, -0.05) is 32.9 Å². The third kappa shape index (κ3) is 5.51. The fraction of sp³-hybridized carbons (Fsp3) is 0.556. The number of carbonyl (C=O) groups is 2. The summed E-state index contributed by atoms with van der Waals surface area (Å²) >= 11 is 0. The molecule has 1 aromatic rings. The maximum Gasteiger partial charge on any atom is 0.251 e. The van der Waals surface area contributed by atoms with Gasteiger partial charge in [-0.25, -0.2) is 0 Å². The summed E-state index contributed by atoms with van der Waals surface area (Å²) in [6, 6.07) is 6.92. The van der Waals surface area contributed by atoms with Gasteiger partial charge in [0.1, 0.15) is 6.04 Å². The number of carbonyl (C=O) groups excluding carboxylic acids is 2. The van der Waals surface area contributed by atoms with E-state index in [-0.39, 0.29) is 22.8 Å². The summed E-state index contributed by atoms with van der Waals surface area (Å²) in [5.74, 6) is -0.427. The normalized spacial score (nSPS) is 13.4. The molecule has 0 aliphatic heterocycles. The van der Waals surface area contributed by atoms with Gasteiger partial charge in [0, 0.05) is 11.1 Å². The number of benzene rings is 1. The van der Waals surface area contributed by atoms with E-state index >= 15 is 0 Å². The van der Waals surface area contributed by atoms with E-state index in [9.17, 15) is 9.59 Å². The second-order valence-electron chi connectivity index (χ2n) is 7.76. The molecule has 4 nitrogen and oxygen atoms in total. The maximum absolute atomic E-state index is 12.2. The summed E-state index contributed by atoms with van der Waals surface area (Å²) in [7, 11) is 0. The van der Waals surface area contributed by atoms with Gasteiger partial charge in [0.2, 0.25) is 5.91 Å². The molecule has 1 atom stereocenters. The summed E-state index contributed by atoms with van der Waals surface area (Å²) < 4.78 is 0. The molecule has 0 aliphatic carbocycles. The van der Waals surface area contributed by atoms with Gasteiger partial charge in [0.15, 0.2) is 0 Å². The van der Waals surface area contributed by atoms with Gasteiger partial charge < -0.3 is 10.6 Å². The maximum atomic E-state index is 12.2. The highest BCUT2D eigenvalue weighted by Gasteiger charge is 2.21. The van der Waals surface area contributed by atoms with Crippen LogP contribution in [0, 0.1) is 0 Å². The van der Waals surface area contributed by atoms with Crippen LogP contribution in [0.1, 0.15) is 64.4 Å². The largest absolute Gasteiger partial charge is 0.350 e. The van der Waals surface area contributed by atoms with Crippen LogP contribution in [0.3, 0.4) is 0 Å². The first-order valence-electron chi connectivity index (χ1n) is 7.63. The van der Waals surface area contributed by atoms with E-state index in [0.29, 0.717) is 5.56 Å². The molecule has 0 spiro atoms. The fourth-order valence-electron chi connectivity index (χ4n) is 1.94. The first kappa shape index (κ1) is 18.2. The molecule has 0 heterocycles. The molecule has 2 N–H and O–H groups in total. The molecule has 0 aliphatic rings. The van der Waals surface area contributed by atoms with E-state index in [2.05, 4.69) is 31.4 Å². The quantitative estimate of drug-likeness (QED) is 0.902. The average molecular weight is 304 g/mol. The first-order chi connectivity index (χ1) is 9.90. The summed E-state index contributed by atoms with van der Waals surface area (Å²) in [6.45, 7) is 13.8. The Morgan fingerprint density at radius 3 is 1.86 bits per heavy atom. The lowest BCUT2D eigenvalue weighted by Gasteiger charge is -2.23. The zero-order chi connectivity index (χ0) is 17.1. The molecule has 0 saturated carbocycles. The van der Waals surface area contributed by atoms with Crippen LogP contribution in [0.5, 0.6) is 0 Å². The van der Waals surface area contributed by atoms with Gasteiger partial charge in [-0.15, -0.1) is 0 Å². The van der Waals surface area contributed by atoms with Crippen LogP contribution in [-0.2, 0) is 10.2 Å². The van der Waals surface area contributed by atoms with Crippen molar-refractivity contribution in [2.45, 2.75) is 65.5 Å². The second kappa shape index (κ2) is 6.51. The van der Waals surface area contributed by atoms with Crippen LogP contribution < -0.4 is 10.6 Å². The van der Waals surface area contributed by atoms with Crippen molar-refractivity contribution in [2.24, 2.45) is 0 Å². The third-order valence-electron chi connectivity index (χ3n) is 3.25. The smallest absolute Gasteiger partial charge is 0.251 e. The molecule has 122 valence electrons. The van der Waals surface area contributed by atoms with Gasteiger partial charge in [0.25, 0.3) is 5.91 Å². The summed E-state index contributed by atoms with van der Waals surface area (Å²) in [5.41, 5.74) is 1.46. The lowest BCUT2D eigenvalue weighted by molar-refractivity contribution is -0.124. The minimum atomic E-state index is -0.575. The Balaban J connectivity index is 2.71. The Bertz CT molecular complexity index is 534. The predicted molar refractivity (Wildman–Crippen MR) is 90.0 cm³/mol. The van der Waals surface area contributed by atoms with Crippen molar-refractivity contribution in [1.82, 2.24) is 10.6 Å². The van der Waals surface area contributed by atoms with E-state index in [4.69, 9.17) is 0 Å². The van der Waals surface area contributed by atoms with E-state index in [1.165, 1.54) is 5.56 Å². The topological polar surface area (TPSA) is 58.2 Å². The molecule has 1 rings (SSSR count). The lowest BCUT2D eigenvalue weighted by Crippen LogP contribution is -2.50. The van der Waals surface area contributed by atoms with Crippen LogP contribution in [0.15, 0.2) is 24.3 Å². The summed E-state index contributed by atoms with van der Waals surface area (Å²) in [6.07, 6.45) is 0. The molecule has 0 aromatic heterocycles. The Hall–Kier alpha value is -1.84. The van der Waals surface area contributed by atoms with Crippen molar-refractivity contribution in [2.75, 3.05) is 0 Å². The standard InChI is InChI=1S/C18H28N2O2/c1-12(15(21)20-18(5,6)7)19-16(22)13-8-10-14(11-9-13)17(2,3)4/h8-12H,1-7H3,(H,19,22)(H,20,21)/t12-/m1/s1.